The van der Waals surface area contributed by atoms with Gasteiger partial charge in [-0.3, -0.25) is 14.6 Å². The Morgan fingerprint density at radius 3 is 2.65 bits per heavy atom. The molecule has 1 aromatic rings. The van der Waals surface area contributed by atoms with Crippen LogP contribution in [0.15, 0.2) is 24.5 Å². The summed E-state index contributed by atoms with van der Waals surface area (Å²) >= 11 is 0. The zero-order valence-electron chi connectivity index (χ0n) is 13.7. The number of carbonyl (C=O) groups excluding carboxylic acids is 2. The highest BCUT2D eigenvalue weighted by atomic mass is 16.2. The van der Waals surface area contributed by atoms with Gasteiger partial charge in [-0.05, 0) is 49.7 Å². The first-order chi connectivity index (χ1) is 11.1. The van der Waals surface area contributed by atoms with Gasteiger partial charge in [0.2, 0.25) is 5.91 Å². The van der Waals surface area contributed by atoms with Crippen LogP contribution in [0.1, 0.15) is 49.4 Å². The molecule has 2 amide bonds. The summed E-state index contributed by atoms with van der Waals surface area (Å²) in [6.07, 6.45) is 8.15. The van der Waals surface area contributed by atoms with E-state index >= 15 is 0 Å². The quantitative estimate of drug-likeness (QED) is 0.906. The number of hydrogen-bond acceptors (Lipinski definition) is 3. The maximum absolute atomic E-state index is 12.3. The van der Waals surface area contributed by atoms with E-state index in [0.717, 1.165) is 31.8 Å². The van der Waals surface area contributed by atoms with Crippen LogP contribution in [0.3, 0.4) is 0 Å². The minimum absolute atomic E-state index is 0.0785. The molecule has 0 spiro atoms. The molecule has 2 fully saturated rings. The maximum atomic E-state index is 12.3. The van der Waals surface area contributed by atoms with E-state index < -0.39 is 0 Å². The molecular formula is C18H25N3O2. The molecule has 1 aromatic heterocycles. The Balaban J connectivity index is 1.43. The van der Waals surface area contributed by atoms with Crippen molar-refractivity contribution in [2.24, 2.45) is 11.8 Å². The Labute approximate surface area is 137 Å². The van der Waals surface area contributed by atoms with Gasteiger partial charge in [-0.2, -0.15) is 0 Å². The van der Waals surface area contributed by atoms with Gasteiger partial charge < -0.3 is 10.2 Å². The van der Waals surface area contributed by atoms with E-state index in [1.807, 2.05) is 4.90 Å². The molecule has 0 radical (unpaired) electrons. The largest absolute Gasteiger partial charge is 0.349 e. The normalized spacial score (nSPS) is 20.1. The van der Waals surface area contributed by atoms with Crippen molar-refractivity contribution in [3.05, 3.63) is 30.1 Å². The highest BCUT2D eigenvalue weighted by molar-refractivity contribution is 5.94. The van der Waals surface area contributed by atoms with Gasteiger partial charge in [0.1, 0.15) is 0 Å². The van der Waals surface area contributed by atoms with Gasteiger partial charge in [0.15, 0.2) is 0 Å². The van der Waals surface area contributed by atoms with Crippen molar-refractivity contribution in [3.63, 3.8) is 0 Å². The standard InChI is InChI=1S/C18H25N3O2/c1-13(14-4-5-14)11-17(22)21-9-6-16(7-10-21)20-18(23)15-3-2-8-19-12-15/h2-3,8,12-14,16H,4-7,9-11H2,1H3,(H,20,23)/t13-/m0/s1. The fourth-order valence-corrected chi connectivity index (χ4v) is 3.28. The molecular weight excluding hydrogens is 290 g/mol. The van der Waals surface area contributed by atoms with Crippen molar-refractivity contribution in [1.82, 2.24) is 15.2 Å². The Morgan fingerprint density at radius 2 is 2.04 bits per heavy atom. The molecule has 1 saturated carbocycles. The van der Waals surface area contributed by atoms with Crippen LogP contribution in [0.2, 0.25) is 0 Å². The number of rotatable bonds is 5. The van der Waals surface area contributed by atoms with Crippen LogP contribution in [0.5, 0.6) is 0 Å². The second kappa shape index (κ2) is 7.11. The molecule has 2 heterocycles. The minimum atomic E-state index is -0.0785. The van der Waals surface area contributed by atoms with E-state index in [0.29, 0.717) is 17.9 Å². The third-order valence-electron chi connectivity index (χ3n) is 5.03. The van der Waals surface area contributed by atoms with E-state index in [2.05, 4.69) is 17.2 Å². The number of amides is 2. The monoisotopic (exact) mass is 315 g/mol. The molecule has 1 aliphatic carbocycles. The fourth-order valence-electron chi connectivity index (χ4n) is 3.28. The van der Waals surface area contributed by atoms with E-state index in [9.17, 15) is 9.59 Å². The number of nitrogens with one attached hydrogen (secondary N) is 1. The van der Waals surface area contributed by atoms with Crippen molar-refractivity contribution in [1.29, 1.82) is 0 Å². The van der Waals surface area contributed by atoms with Crippen LogP contribution in [0, 0.1) is 11.8 Å². The van der Waals surface area contributed by atoms with Crippen LogP contribution in [0.25, 0.3) is 0 Å². The van der Waals surface area contributed by atoms with Crippen molar-refractivity contribution >= 4 is 11.8 Å². The number of nitrogens with zero attached hydrogens (tertiary/aromatic N) is 2. The fraction of sp³-hybridized carbons (Fsp3) is 0.611. The van der Waals surface area contributed by atoms with Crippen molar-refractivity contribution in [2.75, 3.05) is 13.1 Å². The Bertz CT molecular complexity index is 549. The minimum Gasteiger partial charge on any atom is -0.349 e. The second-order valence-electron chi connectivity index (χ2n) is 6.89. The van der Waals surface area contributed by atoms with Gasteiger partial charge in [-0.25, -0.2) is 0 Å². The summed E-state index contributed by atoms with van der Waals surface area (Å²) in [7, 11) is 0. The predicted octanol–water partition coefficient (Wildman–Crippen LogP) is 2.24. The number of aromatic nitrogens is 1. The van der Waals surface area contributed by atoms with Crippen LogP contribution in [-0.4, -0.2) is 40.8 Å². The van der Waals surface area contributed by atoms with Crippen LogP contribution in [0.4, 0.5) is 0 Å². The SMILES string of the molecule is C[C@@H](CC(=O)N1CCC(NC(=O)c2cccnc2)CC1)C1CC1. The molecule has 0 unspecified atom stereocenters. The average molecular weight is 315 g/mol. The zero-order chi connectivity index (χ0) is 16.2. The lowest BCUT2D eigenvalue weighted by molar-refractivity contribution is -0.133. The molecule has 2 aliphatic rings. The van der Waals surface area contributed by atoms with E-state index in [4.69, 9.17) is 0 Å². The Kier molecular flexibility index (Phi) is 4.94. The van der Waals surface area contributed by atoms with Crippen LogP contribution >= 0.6 is 0 Å². The van der Waals surface area contributed by atoms with Crippen molar-refractivity contribution in [3.8, 4) is 0 Å². The maximum Gasteiger partial charge on any atom is 0.253 e. The van der Waals surface area contributed by atoms with Gasteiger partial charge in [0.25, 0.3) is 5.91 Å². The van der Waals surface area contributed by atoms with Gasteiger partial charge in [-0.15, -0.1) is 0 Å². The van der Waals surface area contributed by atoms with E-state index in [1.54, 1.807) is 24.5 Å². The van der Waals surface area contributed by atoms with E-state index in [1.165, 1.54) is 12.8 Å². The first kappa shape index (κ1) is 16.0. The lowest BCUT2D eigenvalue weighted by Gasteiger charge is -2.33. The summed E-state index contributed by atoms with van der Waals surface area (Å²) in [5.41, 5.74) is 0.587. The summed E-state index contributed by atoms with van der Waals surface area (Å²) in [5.74, 6) is 1.49. The zero-order valence-corrected chi connectivity index (χ0v) is 13.7. The average Bonchev–Trinajstić information content (AvgIpc) is 3.41. The third-order valence-corrected chi connectivity index (χ3v) is 5.03. The number of pyridine rings is 1. The molecule has 1 atom stereocenters. The smallest absolute Gasteiger partial charge is 0.253 e. The van der Waals surface area contributed by atoms with Gasteiger partial charge in [0, 0.05) is 37.9 Å². The van der Waals surface area contributed by atoms with Crippen molar-refractivity contribution < 1.29 is 9.59 Å². The Morgan fingerprint density at radius 1 is 1.30 bits per heavy atom. The molecule has 124 valence electrons. The molecule has 3 rings (SSSR count). The summed E-state index contributed by atoms with van der Waals surface area (Å²) in [6, 6.07) is 3.67. The molecule has 0 aromatic carbocycles. The summed E-state index contributed by atoms with van der Waals surface area (Å²) in [5, 5.41) is 3.05. The summed E-state index contributed by atoms with van der Waals surface area (Å²) in [4.78, 5) is 30.4. The number of hydrogen-bond donors (Lipinski definition) is 1. The first-order valence-corrected chi connectivity index (χ1v) is 8.62. The number of piperidine rings is 1. The van der Waals surface area contributed by atoms with Crippen molar-refractivity contribution in [2.45, 2.75) is 45.1 Å². The first-order valence-electron chi connectivity index (χ1n) is 8.62. The molecule has 1 N–H and O–H groups in total. The van der Waals surface area contributed by atoms with Gasteiger partial charge in [0.05, 0.1) is 5.56 Å². The van der Waals surface area contributed by atoms with Crippen LogP contribution in [-0.2, 0) is 4.79 Å². The lowest BCUT2D eigenvalue weighted by Crippen LogP contribution is -2.46. The summed E-state index contributed by atoms with van der Waals surface area (Å²) < 4.78 is 0. The molecule has 23 heavy (non-hydrogen) atoms. The number of carbonyl (C=O) groups is 2. The third kappa shape index (κ3) is 4.30. The van der Waals surface area contributed by atoms with Gasteiger partial charge in [-0.1, -0.05) is 6.92 Å². The Hall–Kier alpha value is -1.91. The molecule has 5 heteroatoms. The topological polar surface area (TPSA) is 62.3 Å². The van der Waals surface area contributed by atoms with Crippen LogP contribution < -0.4 is 5.32 Å². The molecule has 0 bridgehead atoms. The molecule has 1 aliphatic heterocycles. The van der Waals surface area contributed by atoms with E-state index in [-0.39, 0.29) is 17.9 Å². The second-order valence-corrected chi connectivity index (χ2v) is 6.89. The number of likely N-dealkylation sites (tertiary alicyclic amines) is 1. The summed E-state index contributed by atoms with van der Waals surface area (Å²) in [6.45, 7) is 3.68. The molecule has 1 saturated heterocycles. The van der Waals surface area contributed by atoms with Gasteiger partial charge >= 0.3 is 0 Å². The predicted molar refractivity (Wildman–Crippen MR) is 87.8 cm³/mol. The highest BCUT2D eigenvalue weighted by Gasteiger charge is 2.31. The highest BCUT2D eigenvalue weighted by Crippen LogP contribution is 2.38. The molecule has 5 nitrogen and oxygen atoms in total. The lowest BCUT2D eigenvalue weighted by atomic mass is 9.99.